The van der Waals surface area contributed by atoms with Gasteiger partial charge in [-0.2, -0.15) is 0 Å². The van der Waals surface area contributed by atoms with Gasteiger partial charge >= 0.3 is 0 Å². The Hall–Kier alpha value is -2.00. The Kier molecular flexibility index (Phi) is 5.02. The van der Waals surface area contributed by atoms with Gasteiger partial charge in [-0.15, -0.1) is 0 Å². The summed E-state index contributed by atoms with van der Waals surface area (Å²) in [5.41, 5.74) is 2.27. The molecule has 1 unspecified atom stereocenters. The molecule has 0 saturated heterocycles. The van der Waals surface area contributed by atoms with Crippen molar-refractivity contribution >= 4 is 0 Å². The average molecular weight is 272 g/mol. The lowest BCUT2D eigenvalue weighted by atomic mass is 10.1. The second kappa shape index (κ2) is 6.96. The Morgan fingerprint density at radius 1 is 0.950 bits per heavy atom. The number of rotatable bonds is 6. The van der Waals surface area contributed by atoms with Crippen molar-refractivity contribution in [2.45, 2.75) is 20.0 Å². The van der Waals surface area contributed by atoms with Crippen molar-refractivity contribution in [1.82, 2.24) is 0 Å². The largest absolute Gasteiger partial charge is 0.491 e. The summed E-state index contributed by atoms with van der Waals surface area (Å²) in [5.74, 6) is 1.55. The van der Waals surface area contributed by atoms with E-state index in [9.17, 15) is 5.11 Å². The van der Waals surface area contributed by atoms with Crippen LogP contribution >= 0.6 is 0 Å². The molecule has 1 N–H and O–H groups in total. The highest BCUT2D eigenvalue weighted by atomic mass is 16.5. The van der Waals surface area contributed by atoms with Crippen molar-refractivity contribution in [3.8, 4) is 11.5 Å². The highest BCUT2D eigenvalue weighted by molar-refractivity contribution is 5.35. The second-order valence-electron chi connectivity index (χ2n) is 4.86. The van der Waals surface area contributed by atoms with E-state index >= 15 is 0 Å². The van der Waals surface area contributed by atoms with Crippen molar-refractivity contribution in [2.24, 2.45) is 0 Å². The molecule has 0 aromatic heterocycles. The van der Waals surface area contributed by atoms with Gasteiger partial charge in [-0.1, -0.05) is 35.9 Å². The van der Waals surface area contributed by atoms with Gasteiger partial charge in [0.1, 0.15) is 30.8 Å². The van der Waals surface area contributed by atoms with Crippen LogP contribution in [-0.4, -0.2) is 24.4 Å². The molecule has 0 saturated carbocycles. The first-order valence-corrected chi connectivity index (χ1v) is 6.71. The summed E-state index contributed by atoms with van der Waals surface area (Å²) in [4.78, 5) is 0. The second-order valence-corrected chi connectivity index (χ2v) is 4.86. The van der Waals surface area contributed by atoms with Gasteiger partial charge in [0.25, 0.3) is 0 Å². The molecule has 3 heteroatoms. The maximum absolute atomic E-state index is 9.87. The van der Waals surface area contributed by atoms with Gasteiger partial charge in [0.15, 0.2) is 0 Å². The number of aryl methyl sites for hydroxylation is 2. The first-order valence-electron chi connectivity index (χ1n) is 6.71. The zero-order chi connectivity index (χ0) is 14.4. The van der Waals surface area contributed by atoms with E-state index in [2.05, 4.69) is 6.07 Å². The Labute approximate surface area is 119 Å². The monoisotopic (exact) mass is 272 g/mol. The molecule has 3 nitrogen and oxygen atoms in total. The van der Waals surface area contributed by atoms with Crippen LogP contribution in [0.4, 0.5) is 0 Å². The molecule has 0 aliphatic rings. The lowest BCUT2D eigenvalue weighted by molar-refractivity contribution is 0.0624. The van der Waals surface area contributed by atoms with E-state index in [0.29, 0.717) is 0 Å². The Bertz CT molecular complexity index is 537. The predicted molar refractivity (Wildman–Crippen MR) is 79.4 cm³/mol. The third-order valence-electron chi connectivity index (χ3n) is 2.95. The number of hydrogen-bond donors (Lipinski definition) is 1. The molecule has 0 aliphatic heterocycles. The van der Waals surface area contributed by atoms with Gasteiger partial charge < -0.3 is 14.6 Å². The van der Waals surface area contributed by atoms with E-state index in [1.165, 1.54) is 5.56 Å². The fraction of sp³-hybridized carbons (Fsp3) is 0.294. The Morgan fingerprint density at radius 2 is 1.65 bits per heavy atom. The molecule has 1 atom stereocenters. The number of hydrogen-bond acceptors (Lipinski definition) is 3. The number of ether oxygens (including phenoxy) is 2. The first-order chi connectivity index (χ1) is 9.65. The minimum atomic E-state index is -0.657. The smallest absolute Gasteiger partial charge is 0.122 e. The van der Waals surface area contributed by atoms with Crippen LogP contribution in [0.25, 0.3) is 0 Å². The number of aliphatic hydroxyl groups excluding tert-OH is 1. The molecular formula is C17H20O3. The molecule has 2 rings (SSSR count). The fourth-order valence-corrected chi connectivity index (χ4v) is 1.90. The zero-order valence-corrected chi connectivity index (χ0v) is 11.9. The van der Waals surface area contributed by atoms with E-state index in [0.717, 1.165) is 17.1 Å². The minimum Gasteiger partial charge on any atom is -0.491 e. The van der Waals surface area contributed by atoms with Crippen LogP contribution < -0.4 is 9.47 Å². The van der Waals surface area contributed by atoms with E-state index in [1.54, 1.807) is 0 Å². The Balaban J connectivity index is 1.79. The van der Waals surface area contributed by atoms with Crippen LogP contribution in [0.1, 0.15) is 11.1 Å². The lowest BCUT2D eigenvalue weighted by Gasteiger charge is -2.15. The summed E-state index contributed by atoms with van der Waals surface area (Å²) in [6, 6.07) is 15.4. The number of para-hydroxylation sites is 1. The molecule has 2 aromatic carbocycles. The van der Waals surface area contributed by atoms with Gasteiger partial charge in [-0.25, -0.2) is 0 Å². The van der Waals surface area contributed by atoms with Crippen LogP contribution in [0.15, 0.2) is 48.5 Å². The quantitative estimate of drug-likeness (QED) is 0.878. The van der Waals surface area contributed by atoms with Gasteiger partial charge in [-0.05, 0) is 37.6 Å². The molecule has 0 spiro atoms. The van der Waals surface area contributed by atoms with Gasteiger partial charge in [-0.3, -0.25) is 0 Å². The SMILES string of the molecule is Cc1ccc(OCC(O)COc2ccccc2)c(C)c1. The third-order valence-corrected chi connectivity index (χ3v) is 2.95. The molecule has 2 aromatic rings. The van der Waals surface area contributed by atoms with Gasteiger partial charge in [0.2, 0.25) is 0 Å². The van der Waals surface area contributed by atoms with Crippen molar-refractivity contribution < 1.29 is 14.6 Å². The minimum absolute atomic E-state index is 0.217. The molecule has 0 bridgehead atoms. The summed E-state index contributed by atoms with van der Waals surface area (Å²) >= 11 is 0. The van der Waals surface area contributed by atoms with Gasteiger partial charge in [0, 0.05) is 0 Å². The van der Waals surface area contributed by atoms with Crippen LogP contribution in [0, 0.1) is 13.8 Å². The summed E-state index contributed by atoms with van der Waals surface area (Å²) in [6.07, 6.45) is -0.657. The highest BCUT2D eigenvalue weighted by Gasteiger charge is 2.08. The first kappa shape index (κ1) is 14.4. The number of benzene rings is 2. The summed E-state index contributed by atoms with van der Waals surface area (Å²) < 4.78 is 11.1. The van der Waals surface area contributed by atoms with Crippen molar-refractivity contribution in [3.05, 3.63) is 59.7 Å². The number of aliphatic hydroxyl groups is 1. The van der Waals surface area contributed by atoms with Crippen molar-refractivity contribution in [1.29, 1.82) is 0 Å². The standard InChI is InChI=1S/C17H20O3/c1-13-8-9-17(14(2)10-13)20-12-15(18)11-19-16-6-4-3-5-7-16/h3-10,15,18H,11-12H2,1-2H3. The molecule has 0 aliphatic carbocycles. The summed E-state index contributed by atoms with van der Waals surface area (Å²) in [5, 5.41) is 9.87. The van der Waals surface area contributed by atoms with Crippen molar-refractivity contribution in [2.75, 3.05) is 13.2 Å². The van der Waals surface area contributed by atoms with Gasteiger partial charge in [0.05, 0.1) is 0 Å². The highest BCUT2D eigenvalue weighted by Crippen LogP contribution is 2.18. The van der Waals surface area contributed by atoms with Crippen LogP contribution in [0.2, 0.25) is 0 Å². The van der Waals surface area contributed by atoms with Crippen LogP contribution in [-0.2, 0) is 0 Å². The summed E-state index contributed by atoms with van der Waals surface area (Å²) in [6.45, 7) is 4.47. The van der Waals surface area contributed by atoms with Crippen LogP contribution in [0.3, 0.4) is 0 Å². The van der Waals surface area contributed by atoms with E-state index in [-0.39, 0.29) is 13.2 Å². The normalized spacial score (nSPS) is 11.9. The molecule has 20 heavy (non-hydrogen) atoms. The molecule has 106 valence electrons. The molecule has 0 radical (unpaired) electrons. The molecule has 0 fully saturated rings. The zero-order valence-electron chi connectivity index (χ0n) is 11.9. The van der Waals surface area contributed by atoms with Crippen LogP contribution in [0.5, 0.6) is 11.5 Å². The van der Waals surface area contributed by atoms with E-state index in [1.807, 2.05) is 56.3 Å². The van der Waals surface area contributed by atoms with E-state index in [4.69, 9.17) is 9.47 Å². The molecular weight excluding hydrogens is 252 g/mol. The maximum Gasteiger partial charge on any atom is 0.122 e. The third kappa shape index (κ3) is 4.28. The van der Waals surface area contributed by atoms with Crippen molar-refractivity contribution in [3.63, 3.8) is 0 Å². The molecule has 0 heterocycles. The predicted octanol–water partition coefficient (Wildman–Crippen LogP) is 3.12. The molecule has 0 amide bonds. The summed E-state index contributed by atoms with van der Waals surface area (Å²) in [7, 11) is 0. The van der Waals surface area contributed by atoms with E-state index < -0.39 is 6.10 Å². The fourth-order valence-electron chi connectivity index (χ4n) is 1.90. The lowest BCUT2D eigenvalue weighted by Crippen LogP contribution is -2.25. The maximum atomic E-state index is 9.87. The average Bonchev–Trinajstić information content (AvgIpc) is 2.45. The topological polar surface area (TPSA) is 38.7 Å². The Morgan fingerprint density at radius 3 is 2.35 bits per heavy atom.